The summed E-state index contributed by atoms with van der Waals surface area (Å²) in [5.74, 6) is 0.427. The number of carbonyl (C=O) groups excluding carboxylic acids is 1. The summed E-state index contributed by atoms with van der Waals surface area (Å²) in [4.78, 5) is 14.2. The Hall–Kier alpha value is -0.640. The number of carbonyl (C=O) groups is 1. The SMILES string of the molecule is CC1(CF)CCN(C(=O)C2CCCNC2)CC1. The average Bonchev–Trinajstić information content (AvgIpc) is 2.40. The Balaban J connectivity index is 1.85. The summed E-state index contributed by atoms with van der Waals surface area (Å²) in [5, 5.41) is 3.27. The van der Waals surface area contributed by atoms with Gasteiger partial charge in [-0.1, -0.05) is 6.92 Å². The van der Waals surface area contributed by atoms with E-state index in [1.807, 2.05) is 11.8 Å². The number of amides is 1. The van der Waals surface area contributed by atoms with Crippen molar-refractivity contribution >= 4 is 5.91 Å². The maximum Gasteiger partial charge on any atom is 0.226 e. The summed E-state index contributed by atoms with van der Waals surface area (Å²) < 4.78 is 12.8. The number of alkyl halides is 1. The van der Waals surface area contributed by atoms with Crippen LogP contribution < -0.4 is 5.32 Å². The lowest BCUT2D eigenvalue weighted by molar-refractivity contribution is -0.138. The highest BCUT2D eigenvalue weighted by atomic mass is 19.1. The first-order chi connectivity index (χ1) is 8.14. The molecule has 0 aromatic heterocycles. The van der Waals surface area contributed by atoms with Crippen LogP contribution in [0, 0.1) is 11.3 Å². The zero-order valence-electron chi connectivity index (χ0n) is 10.7. The maximum absolute atomic E-state index is 12.8. The summed E-state index contributed by atoms with van der Waals surface area (Å²) in [6.45, 7) is 5.03. The standard InChI is InChI=1S/C13H23FN2O/c1-13(10-14)4-7-16(8-5-13)12(17)11-3-2-6-15-9-11/h11,15H,2-10H2,1H3. The van der Waals surface area contributed by atoms with Crippen LogP contribution in [0.4, 0.5) is 4.39 Å². The van der Waals surface area contributed by atoms with E-state index >= 15 is 0 Å². The van der Waals surface area contributed by atoms with Gasteiger partial charge in [-0.25, -0.2) is 0 Å². The van der Waals surface area contributed by atoms with Gasteiger partial charge in [0.1, 0.15) is 0 Å². The summed E-state index contributed by atoms with van der Waals surface area (Å²) in [5.41, 5.74) is -0.193. The molecule has 1 unspecified atom stereocenters. The van der Waals surface area contributed by atoms with E-state index in [0.717, 1.165) is 51.9 Å². The highest BCUT2D eigenvalue weighted by Crippen LogP contribution is 2.32. The minimum absolute atomic E-state index is 0.151. The molecule has 0 aromatic carbocycles. The number of halogens is 1. The number of piperidine rings is 2. The summed E-state index contributed by atoms with van der Waals surface area (Å²) in [6.07, 6.45) is 3.69. The highest BCUT2D eigenvalue weighted by molar-refractivity contribution is 5.79. The molecule has 17 heavy (non-hydrogen) atoms. The Labute approximate surface area is 103 Å². The number of hydrogen-bond acceptors (Lipinski definition) is 2. The fourth-order valence-corrected chi connectivity index (χ4v) is 2.72. The number of hydrogen-bond donors (Lipinski definition) is 1. The van der Waals surface area contributed by atoms with Crippen LogP contribution in [0.1, 0.15) is 32.6 Å². The van der Waals surface area contributed by atoms with Gasteiger partial charge in [-0.05, 0) is 37.6 Å². The Morgan fingerprint density at radius 1 is 1.47 bits per heavy atom. The molecule has 0 radical (unpaired) electrons. The molecule has 0 saturated carbocycles. The van der Waals surface area contributed by atoms with Crippen molar-refractivity contribution in [2.24, 2.45) is 11.3 Å². The lowest BCUT2D eigenvalue weighted by atomic mass is 9.81. The second kappa shape index (κ2) is 5.34. The van der Waals surface area contributed by atoms with E-state index in [0.29, 0.717) is 0 Å². The van der Waals surface area contributed by atoms with Crippen molar-refractivity contribution in [1.29, 1.82) is 0 Å². The van der Waals surface area contributed by atoms with Crippen LogP contribution in [0.15, 0.2) is 0 Å². The largest absolute Gasteiger partial charge is 0.342 e. The van der Waals surface area contributed by atoms with Crippen molar-refractivity contribution in [3.63, 3.8) is 0 Å². The normalized spacial score (nSPS) is 29.1. The van der Waals surface area contributed by atoms with E-state index < -0.39 is 0 Å². The second-order valence-electron chi connectivity index (χ2n) is 5.81. The third-order valence-electron chi connectivity index (χ3n) is 4.25. The molecule has 0 spiro atoms. The van der Waals surface area contributed by atoms with Crippen LogP contribution in [0.2, 0.25) is 0 Å². The molecule has 2 heterocycles. The van der Waals surface area contributed by atoms with Crippen LogP contribution in [0.25, 0.3) is 0 Å². The van der Waals surface area contributed by atoms with Crippen molar-refractivity contribution in [2.45, 2.75) is 32.6 Å². The van der Waals surface area contributed by atoms with Gasteiger partial charge in [-0.15, -0.1) is 0 Å². The highest BCUT2D eigenvalue weighted by Gasteiger charge is 2.34. The molecule has 1 atom stereocenters. The molecular formula is C13H23FN2O. The smallest absolute Gasteiger partial charge is 0.226 e. The Bertz CT molecular complexity index is 269. The molecule has 1 N–H and O–H groups in total. The molecule has 0 bridgehead atoms. The van der Waals surface area contributed by atoms with Gasteiger partial charge >= 0.3 is 0 Å². The number of rotatable bonds is 2. The van der Waals surface area contributed by atoms with Crippen molar-refractivity contribution in [3.05, 3.63) is 0 Å². The fraction of sp³-hybridized carbons (Fsp3) is 0.923. The molecule has 2 aliphatic rings. The Morgan fingerprint density at radius 3 is 2.71 bits per heavy atom. The lowest BCUT2D eigenvalue weighted by Gasteiger charge is -2.39. The molecule has 3 nitrogen and oxygen atoms in total. The molecule has 4 heteroatoms. The quantitative estimate of drug-likeness (QED) is 0.797. The van der Waals surface area contributed by atoms with Gasteiger partial charge in [0, 0.05) is 19.6 Å². The molecule has 2 fully saturated rings. The molecule has 0 aliphatic carbocycles. The predicted molar refractivity (Wildman–Crippen MR) is 65.5 cm³/mol. The predicted octanol–water partition coefficient (Wildman–Crippen LogP) is 1.58. The first kappa shape index (κ1) is 12.8. The molecule has 98 valence electrons. The Morgan fingerprint density at radius 2 is 2.18 bits per heavy atom. The zero-order valence-corrected chi connectivity index (χ0v) is 10.7. The van der Waals surface area contributed by atoms with E-state index in [1.54, 1.807) is 0 Å². The second-order valence-corrected chi connectivity index (χ2v) is 5.81. The minimum Gasteiger partial charge on any atom is -0.342 e. The van der Waals surface area contributed by atoms with Crippen LogP contribution >= 0.6 is 0 Å². The first-order valence-corrected chi connectivity index (χ1v) is 6.70. The Kier molecular flexibility index (Phi) is 4.02. The van der Waals surface area contributed by atoms with Gasteiger partial charge < -0.3 is 10.2 Å². The molecule has 2 aliphatic heterocycles. The lowest BCUT2D eigenvalue weighted by Crippen LogP contribution is -2.48. The zero-order chi connectivity index (χ0) is 12.3. The summed E-state index contributed by atoms with van der Waals surface area (Å²) in [6, 6.07) is 0. The van der Waals surface area contributed by atoms with Gasteiger partial charge in [-0.2, -0.15) is 0 Å². The van der Waals surface area contributed by atoms with Crippen molar-refractivity contribution in [2.75, 3.05) is 32.9 Å². The van der Waals surface area contributed by atoms with E-state index in [2.05, 4.69) is 5.32 Å². The van der Waals surface area contributed by atoms with Crippen LogP contribution in [-0.4, -0.2) is 43.7 Å². The number of likely N-dealkylation sites (tertiary alicyclic amines) is 1. The maximum atomic E-state index is 12.8. The third kappa shape index (κ3) is 2.97. The third-order valence-corrected chi connectivity index (χ3v) is 4.25. The molecule has 0 aromatic rings. The minimum atomic E-state index is -0.264. The number of nitrogens with zero attached hydrogens (tertiary/aromatic N) is 1. The average molecular weight is 242 g/mol. The molecule has 2 rings (SSSR count). The van der Waals surface area contributed by atoms with Gasteiger partial charge in [0.15, 0.2) is 0 Å². The first-order valence-electron chi connectivity index (χ1n) is 6.70. The van der Waals surface area contributed by atoms with Gasteiger partial charge in [0.25, 0.3) is 0 Å². The fourth-order valence-electron chi connectivity index (χ4n) is 2.72. The van der Waals surface area contributed by atoms with E-state index in [1.165, 1.54) is 0 Å². The van der Waals surface area contributed by atoms with Crippen molar-refractivity contribution in [1.82, 2.24) is 10.2 Å². The van der Waals surface area contributed by atoms with E-state index in [4.69, 9.17) is 0 Å². The van der Waals surface area contributed by atoms with Gasteiger partial charge in [0.05, 0.1) is 12.6 Å². The van der Waals surface area contributed by atoms with Crippen molar-refractivity contribution in [3.8, 4) is 0 Å². The van der Waals surface area contributed by atoms with Crippen LogP contribution in [0.5, 0.6) is 0 Å². The number of nitrogens with one attached hydrogen (secondary N) is 1. The monoisotopic (exact) mass is 242 g/mol. The molecule has 1 amide bonds. The molecule has 2 saturated heterocycles. The molecular weight excluding hydrogens is 219 g/mol. The summed E-state index contributed by atoms with van der Waals surface area (Å²) >= 11 is 0. The van der Waals surface area contributed by atoms with Gasteiger partial charge in [0.2, 0.25) is 5.91 Å². The van der Waals surface area contributed by atoms with E-state index in [9.17, 15) is 9.18 Å². The topological polar surface area (TPSA) is 32.3 Å². The van der Waals surface area contributed by atoms with Crippen LogP contribution in [-0.2, 0) is 4.79 Å². The van der Waals surface area contributed by atoms with Crippen LogP contribution in [0.3, 0.4) is 0 Å². The van der Waals surface area contributed by atoms with E-state index in [-0.39, 0.29) is 23.9 Å². The van der Waals surface area contributed by atoms with Crippen molar-refractivity contribution < 1.29 is 9.18 Å². The summed E-state index contributed by atoms with van der Waals surface area (Å²) in [7, 11) is 0. The van der Waals surface area contributed by atoms with Gasteiger partial charge in [-0.3, -0.25) is 9.18 Å².